The van der Waals surface area contributed by atoms with Gasteiger partial charge in [0, 0.05) is 6.54 Å². The van der Waals surface area contributed by atoms with E-state index in [-0.39, 0.29) is 5.00 Å². The van der Waals surface area contributed by atoms with E-state index in [9.17, 15) is 10.1 Å². The summed E-state index contributed by atoms with van der Waals surface area (Å²) in [6, 6.07) is 8.10. The molecular weight excluding hydrogens is 264 g/mol. The van der Waals surface area contributed by atoms with Crippen LogP contribution in [0.3, 0.4) is 0 Å². The zero-order chi connectivity index (χ0) is 13.7. The van der Waals surface area contributed by atoms with Crippen LogP contribution in [0.15, 0.2) is 30.5 Å². The van der Waals surface area contributed by atoms with Crippen molar-refractivity contribution in [2.45, 2.75) is 13.0 Å². The predicted octanol–water partition coefficient (Wildman–Crippen LogP) is 2.16. The van der Waals surface area contributed by atoms with E-state index in [2.05, 4.69) is 10.3 Å². The summed E-state index contributed by atoms with van der Waals surface area (Å²) in [6.45, 7) is 1.23. The Kier molecular flexibility index (Phi) is 4.43. The number of hydrogen-bond acceptors (Lipinski definition) is 6. The van der Waals surface area contributed by atoms with Crippen LogP contribution in [0.2, 0.25) is 0 Å². The average molecular weight is 278 g/mol. The van der Waals surface area contributed by atoms with Crippen molar-refractivity contribution in [3.8, 4) is 0 Å². The Hall–Kier alpha value is -1.99. The number of benzene rings is 1. The van der Waals surface area contributed by atoms with Gasteiger partial charge < -0.3 is 11.1 Å². The highest BCUT2D eigenvalue weighted by Gasteiger charge is 2.10. The Bertz CT molecular complexity index is 553. The van der Waals surface area contributed by atoms with E-state index in [0.717, 1.165) is 23.3 Å². The van der Waals surface area contributed by atoms with E-state index >= 15 is 0 Å². The van der Waals surface area contributed by atoms with Crippen LogP contribution in [-0.2, 0) is 13.0 Å². The van der Waals surface area contributed by atoms with Gasteiger partial charge in [-0.2, -0.15) is 0 Å². The van der Waals surface area contributed by atoms with Crippen molar-refractivity contribution in [2.24, 2.45) is 5.73 Å². The molecule has 7 heteroatoms. The molecule has 0 aliphatic rings. The van der Waals surface area contributed by atoms with Crippen LogP contribution in [-0.4, -0.2) is 16.5 Å². The first kappa shape index (κ1) is 13.4. The Morgan fingerprint density at radius 1 is 1.32 bits per heavy atom. The van der Waals surface area contributed by atoms with Gasteiger partial charge in [0.1, 0.15) is 6.20 Å². The standard InChI is InChI=1S/C12H14N4O2S/c13-6-5-9-1-3-10(4-2-9)7-14-12-15-8-11(19-12)16(17)18/h1-4,8H,5-7,13H2,(H,14,15). The zero-order valence-corrected chi connectivity index (χ0v) is 11.0. The largest absolute Gasteiger partial charge is 0.357 e. The lowest BCUT2D eigenvalue weighted by Gasteiger charge is -2.04. The number of rotatable bonds is 6. The maximum atomic E-state index is 10.5. The molecule has 0 saturated heterocycles. The summed E-state index contributed by atoms with van der Waals surface area (Å²) in [5.41, 5.74) is 7.79. The van der Waals surface area contributed by atoms with Gasteiger partial charge in [0.15, 0.2) is 5.13 Å². The highest BCUT2D eigenvalue weighted by Crippen LogP contribution is 2.25. The molecule has 0 amide bonds. The van der Waals surface area contributed by atoms with Gasteiger partial charge in [-0.25, -0.2) is 4.98 Å². The van der Waals surface area contributed by atoms with Crippen molar-refractivity contribution in [3.05, 3.63) is 51.7 Å². The molecule has 3 N–H and O–H groups in total. The van der Waals surface area contributed by atoms with E-state index in [1.807, 2.05) is 24.3 Å². The average Bonchev–Trinajstić information content (AvgIpc) is 2.87. The fourth-order valence-corrected chi connectivity index (χ4v) is 2.23. The molecule has 0 aliphatic carbocycles. The summed E-state index contributed by atoms with van der Waals surface area (Å²) in [5, 5.41) is 14.2. The van der Waals surface area contributed by atoms with Gasteiger partial charge in [-0.1, -0.05) is 24.3 Å². The van der Waals surface area contributed by atoms with Gasteiger partial charge in [-0.05, 0) is 35.4 Å². The van der Waals surface area contributed by atoms with E-state index in [4.69, 9.17) is 5.73 Å². The van der Waals surface area contributed by atoms with Gasteiger partial charge in [0.2, 0.25) is 0 Å². The summed E-state index contributed by atoms with van der Waals surface area (Å²) in [5.74, 6) is 0. The van der Waals surface area contributed by atoms with Crippen LogP contribution in [0.1, 0.15) is 11.1 Å². The highest BCUT2D eigenvalue weighted by molar-refractivity contribution is 7.18. The third-order valence-electron chi connectivity index (χ3n) is 2.57. The maximum absolute atomic E-state index is 10.5. The molecule has 1 aromatic heterocycles. The second-order valence-corrected chi connectivity index (χ2v) is 4.98. The molecule has 2 aromatic rings. The fourth-order valence-electron chi connectivity index (χ4n) is 1.60. The van der Waals surface area contributed by atoms with Crippen molar-refractivity contribution < 1.29 is 4.92 Å². The molecule has 0 saturated carbocycles. The second-order valence-electron chi connectivity index (χ2n) is 3.97. The normalized spacial score (nSPS) is 10.4. The van der Waals surface area contributed by atoms with Crippen LogP contribution in [0.25, 0.3) is 0 Å². The predicted molar refractivity (Wildman–Crippen MR) is 75.3 cm³/mol. The summed E-state index contributed by atoms with van der Waals surface area (Å²) >= 11 is 1.03. The van der Waals surface area contributed by atoms with Crippen LogP contribution < -0.4 is 11.1 Å². The fraction of sp³-hybridized carbons (Fsp3) is 0.250. The number of anilines is 1. The van der Waals surface area contributed by atoms with E-state index < -0.39 is 4.92 Å². The number of aromatic nitrogens is 1. The van der Waals surface area contributed by atoms with Gasteiger partial charge >= 0.3 is 5.00 Å². The maximum Gasteiger partial charge on any atom is 0.345 e. The Morgan fingerprint density at radius 3 is 2.58 bits per heavy atom. The number of thiazole rings is 1. The molecule has 6 nitrogen and oxygen atoms in total. The third-order valence-corrected chi connectivity index (χ3v) is 3.48. The topological polar surface area (TPSA) is 94.1 Å². The Balaban J connectivity index is 1.92. The molecule has 0 atom stereocenters. The molecule has 2 rings (SSSR count). The number of nitrogens with zero attached hydrogens (tertiary/aromatic N) is 2. The van der Waals surface area contributed by atoms with E-state index in [1.54, 1.807) is 0 Å². The van der Waals surface area contributed by atoms with Crippen molar-refractivity contribution in [1.82, 2.24) is 4.98 Å². The number of nitrogens with two attached hydrogens (primary N) is 1. The van der Waals surface area contributed by atoms with Crippen molar-refractivity contribution >= 4 is 21.5 Å². The smallest absolute Gasteiger partial charge is 0.345 e. The molecule has 1 aromatic carbocycles. The number of hydrogen-bond donors (Lipinski definition) is 2. The third kappa shape index (κ3) is 3.73. The monoisotopic (exact) mass is 278 g/mol. The number of nitrogens with one attached hydrogen (secondary N) is 1. The quantitative estimate of drug-likeness (QED) is 0.623. The molecule has 0 bridgehead atoms. The lowest BCUT2D eigenvalue weighted by atomic mass is 10.1. The van der Waals surface area contributed by atoms with Crippen molar-refractivity contribution in [1.29, 1.82) is 0 Å². The van der Waals surface area contributed by atoms with Crippen LogP contribution in [0.4, 0.5) is 10.1 Å². The Morgan fingerprint density at radius 2 is 2.00 bits per heavy atom. The SMILES string of the molecule is NCCc1ccc(CNc2ncc([N+](=O)[O-])s2)cc1. The molecular formula is C12H14N4O2S. The minimum absolute atomic E-state index is 0.0424. The molecule has 1 heterocycles. The first-order chi connectivity index (χ1) is 9.19. The Labute approximate surface area is 114 Å². The van der Waals surface area contributed by atoms with Gasteiger partial charge in [-0.3, -0.25) is 10.1 Å². The summed E-state index contributed by atoms with van der Waals surface area (Å²) in [6.07, 6.45) is 2.13. The van der Waals surface area contributed by atoms with Gasteiger partial charge in [0.05, 0.1) is 4.92 Å². The van der Waals surface area contributed by atoms with Crippen molar-refractivity contribution in [3.63, 3.8) is 0 Å². The lowest BCUT2D eigenvalue weighted by molar-refractivity contribution is -0.380. The second kappa shape index (κ2) is 6.26. The minimum Gasteiger partial charge on any atom is -0.357 e. The lowest BCUT2D eigenvalue weighted by Crippen LogP contribution is -2.03. The minimum atomic E-state index is -0.440. The number of nitro groups is 1. The van der Waals surface area contributed by atoms with Gasteiger partial charge in [-0.15, -0.1) is 0 Å². The molecule has 0 spiro atoms. The van der Waals surface area contributed by atoms with Crippen LogP contribution >= 0.6 is 11.3 Å². The molecule has 0 unspecified atom stereocenters. The summed E-state index contributed by atoms with van der Waals surface area (Å²) in [4.78, 5) is 14.0. The molecule has 0 aliphatic heterocycles. The zero-order valence-electron chi connectivity index (χ0n) is 10.2. The van der Waals surface area contributed by atoms with Crippen molar-refractivity contribution in [2.75, 3.05) is 11.9 Å². The van der Waals surface area contributed by atoms with Crippen LogP contribution in [0, 0.1) is 10.1 Å². The first-order valence-electron chi connectivity index (χ1n) is 5.81. The summed E-state index contributed by atoms with van der Waals surface area (Å²) in [7, 11) is 0. The summed E-state index contributed by atoms with van der Waals surface area (Å²) < 4.78 is 0. The highest BCUT2D eigenvalue weighted by atomic mass is 32.1. The molecule has 0 radical (unpaired) electrons. The first-order valence-corrected chi connectivity index (χ1v) is 6.62. The van der Waals surface area contributed by atoms with Gasteiger partial charge in [0.25, 0.3) is 0 Å². The van der Waals surface area contributed by atoms with E-state index in [0.29, 0.717) is 18.2 Å². The molecule has 19 heavy (non-hydrogen) atoms. The van der Waals surface area contributed by atoms with E-state index in [1.165, 1.54) is 11.8 Å². The van der Waals surface area contributed by atoms with Crippen LogP contribution in [0.5, 0.6) is 0 Å². The molecule has 100 valence electrons. The molecule has 0 fully saturated rings.